The predicted octanol–water partition coefficient (Wildman–Crippen LogP) is 7.22. The summed E-state index contributed by atoms with van der Waals surface area (Å²) < 4.78 is 36.5. The van der Waals surface area contributed by atoms with Crippen LogP contribution in [0.3, 0.4) is 0 Å². The molecule has 6 atom stereocenters. The number of benzene rings is 1. The quantitative estimate of drug-likeness (QED) is 0.117. The minimum Gasteiger partial charge on any atom is -0.496 e. The molecule has 14 nitrogen and oxygen atoms in total. The number of rotatable bonds is 13. The molecule has 0 radical (unpaired) electrons. The highest BCUT2D eigenvalue weighted by Gasteiger charge is 2.68. The third-order valence-corrected chi connectivity index (χ3v) is 13.3. The lowest BCUT2D eigenvalue weighted by Gasteiger charge is -2.64. The smallest absolute Gasteiger partial charge is 0.482 e. The van der Waals surface area contributed by atoms with Gasteiger partial charge in [-0.15, -0.1) is 0 Å². The fourth-order valence-corrected chi connectivity index (χ4v) is 9.99. The number of aliphatic hydroxyl groups is 1. The lowest BCUT2D eigenvalue weighted by Crippen LogP contribution is -2.65. The van der Waals surface area contributed by atoms with E-state index in [2.05, 4.69) is 26.1 Å². The van der Waals surface area contributed by atoms with E-state index in [1.54, 1.807) is 44.9 Å². The van der Waals surface area contributed by atoms with Crippen LogP contribution in [0, 0.1) is 29.1 Å². The van der Waals surface area contributed by atoms with Crippen molar-refractivity contribution in [3.8, 4) is 5.75 Å². The first-order valence-corrected chi connectivity index (χ1v) is 22.2. The molecule has 1 aromatic rings. The lowest BCUT2D eigenvalue weighted by molar-refractivity contribution is -0.199. The van der Waals surface area contributed by atoms with Crippen molar-refractivity contribution in [2.45, 2.75) is 169 Å². The molecule has 2 bridgehead atoms. The summed E-state index contributed by atoms with van der Waals surface area (Å²) in [6, 6.07) is 5.11. The Bertz CT molecular complexity index is 1740. The van der Waals surface area contributed by atoms with E-state index in [1.165, 1.54) is 12.0 Å². The Morgan fingerprint density at radius 2 is 1.49 bits per heavy atom. The van der Waals surface area contributed by atoms with Crippen molar-refractivity contribution in [2.75, 3.05) is 33.9 Å². The predicted molar refractivity (Wildman–Crippen MR) is 232 cm³/mol. The first-order chi connectivity index (χ1) is 28.2. The Morgan fingerprint density at radius 3 is 2.05 bits per heavy atom. The molecule has 4 aliphatic carbocycles. The van der Waals surface area contributed by atoms with Gasteiger partial charge < -0.3 is 48.5 Å². The Labute approximate surface area is 364 Å². The Kier molecular flexibility index (Phi) is 14.5. The van der Waals surface area contributed by atoms with Crippen LogP contribution in [0.1, 0.15) is 138 Å². The van der Waals surface area contributed by atoms with Gasteiger partial charge in [0.05, 0.1) is 37.3 Å². The van der Waals surface area contributed by atoms with Crippen molar-refractivity contribution < 1.29 is 52.5 Å². The summed E-state index contributed by atoms with van der Waals surface area (Å²) in [5.41, 5.74) is -1.57. The molecule has 15 heteroatoms. The molecule has 5 aliphatic rings. The molecule has 0 spiro atoms. The number of methoxy groups -OCH3 is 1. The van der Waals surface area contributed by atoms with Crippen LogP contribution in [0.2, 0.25) is 0 Å². The van der Waals surface area contributed by atoms with E-state index < -0.39 is 59.5 Å². The number of carbonyl (C=O) groups excluding carboxylic acids is 4. The molecular formula is C46H74BN3O11. The van der Waals surface area contributed by atoms with Gasteiger partial charge in [0.2, 0.25) is 5.91 Å². The second kappa shape index (κ2) is 18.3. The Balaban J connectivity index is 1.34. The third kappa shape index (κ3) is 11.3. The topological polar surface area (TPSA) is 162 Å². The molecule has 342 valence electrons. The maximum absolute atomic E-state index is 14.5. The Hall–Kier alpha value is -3.56. The summed E-state index contributed by atoms with van der Waals surface area (Å²) in [5, 5.41) is 14.1. The molecule has 2 N–H and O–H groups in total. The number of carbonyl (C=O) groups is 4. The van der Waals surface area contributed by atoms with Gasteiger partial charge in [-0.2, -0.15) is 0 Å². The van der Waals surface area contributed by atoms with Gasteiger partial charge in [0.25, 0.3) is 0 Å². The fraction of sp³-hybridized carbons (Fsp3) is 0.783. The number of aliphatic hydroxyl groups excluding tert-OH is 1. The Morgan fingerprint density at radius 1 is 0.885 bits per heavy atom. The zero-order valence-electron chi connectivity index (χ0n) is 39.3. The van der Waals surface area contributed by atoms with Crippen LogP contribution in [0.4, 0.5) is 9.59 Å². The van der Waals surface area contributed by atoms with Crippen LogP contribution in [-0.2, 0) is 34.7 Å². The minimum atomic E-state index is -0.791. The van der Waals surface area contributed by atoms with E-state index in [9.17, 15) is 24.3 Å². The van der Waals surface area contributed by atoms with E-state index in [-0.39, 0.29) is 61.1 Å². The van der Waals surface area contributed by atoms with Gasteiger partial charge in [0.1, 0.15) is 28.1 Å². The number of hydrogen-bond donors (Lipinski definition) is 2. The van der Waals surface area contributed by atoms with Crippen molar-refractivity contribution in [3.05, 3.63) is 29.3 Å². The molecule has 61 heavy (non-hydrogen) atoms. The lowest BCUT2D eigenvalue weighted by atomic mass is 9.43. The van der Waals surface area contributed by atoms with E-state index in [1.807, 2.05) is 47.6 Å². The van der Waals surface area contributed by atoms with E-state index >= 15 is 0 Å². The average molecular weight is 856 g/mol. The van der Waals surface area contributed by atoms with Gasteiger partial charge in [-0.25, -0.2) is 14.4 Å². The van der Waals surface area contributed by atoms with E-state index in [4.69, 9.17) is 28.3 Å². The third-order valence-electron chi connectivity index (χ3n) is 13.3. The normalized spacial score (nSPS) is 26.8. The summed E-state index contributed by atoms with van der Waals surface area (Å²) in [6.45, 7) is 23.1. The number of likely N-dealkylation sites (N-methyl/N-ethyl adjacent to an activating group) is 1. The molecule has 4 saturated carbocycles. The summed E-state index contributed by atoms with van der Waals surface area (Å²) in [5.74, 6) is -1.25. The number of hydrogen-bond acceptors (Lipinski definition) is 11. The van der Waals surface area contributed by atoms with Crippen molar-refractivity contribution in [1.29, 1.82) is 0 Å². The molecule has 1 saturated heterocycles. The standard InChI is InChI=1S/C46H74BN3O11/c1-42(2,3)57-39(53)32-17-15-16-29(37(32)56-14)24-36(47-60-35-26-30-25-34(45(30,10)11)46(35,12)61-47)48-38(52)33(27-51)28-18-20-31(21-19-28)50(41(55)59-44(7,8)9)23-22-49(13)40(54)58-43(4,5)6/h15-17,28,30-31,33-36,51H,18-27H2,1-14H3,(H,48,52)/t28?,30?,31?,33?,34?,35?,36-,46?/m0/s1. The van der Waals surface area contributed by atoms with E-state index in [0.29, 0.717) is 48.8 Å². The molecule has 3 amide bonds. The summed E-state index contributed by atoms with van der Waals surface area (Å²) in [4.78, 5) is 57.3. The van der Waals surface area contributed by atoms with Crippen LogP contribution in [0.25, 0.3) is 0 Å². The number of esters is 1. The molecule has 1 heterocycles. The first-order valence-electron chi connectivity index (χ1n) is 22.2. The summed E-state index contributed by atoms with van der Waals surface area (Å²) in [7, 11) is 2.36. The van der Waals surface area contributed by atoms with Crippen molar-refractivity contribution >= 4 is 31.2 Å². The zero-order valence-corrected chi connectivity index (χ0v) is 39.3. The van der Waals surface area contributed by atoms with Crippen LogP contribution in [0.15, 0.2) is 18.2 Å². The highest BCUT2D eigenvalue weighted by molar-refractivity contribution is 6.48. The fourth-order valence-electron chi connectivity index (χ4n) is 9.99. The van der Waals surface area contributed by atoms with Gasteiger partial charge in [0, 0.05) is 26.2 Å². The number of para-hydroxylation sites is 1. The van der Waals surface area contributed by atoms with Gasteiger partial charge in [-0.1, -0.05) is 26.0 Å². The van der Waals surface area contributed by atoms with Gasteiger partial charge in [-0.05, 0) is 149 Å². The second-order valence-electron chi connectivity index (χ2n) is 21.6. The molecule has 1 aliphatic heterocycles. The number of nitrogens with one attached hydrogen (secondary N) is 1. The van der Waals surface area contributed by atoms with Crippen LogP contribution in [0.5, 0.6) is 5.75 Å². The first kappa shape index (κ1) is 48.5. The highest BCUT2D eigenvalue weighted by Crippen LogP contribution is 2.65. The molecule has 1 aromatic carbocycles. The largest absolute Gasteiger partial charge is 0.496 e. The monoisotopic (exact) mass is 856 g/mol. The van der Waals surface area contributed by atoms with Crippen LogP contribution >= 0.6 is 0 Å². The SMILES string of the molecule is COc1c(C[C@H](NC(=O)C(CO)C2CCC(N(CCN(C)C(=O)OC(C)(C)C)C(=O)OC(C)(C)C)CC2)B2OC3CC4CC(C4(C)C)C3(C)O2)cccc1C(=O)OC(C)(C)C. The molecule has 5 unspecified atom stereocenters. The number of nitrogens with zero attached hydrogens (tertiary/aromatic N) is 2. The zero-order chi connectivity index (χ0) is 45.5. The summed E-state index contributed by atoms with van der Waals surface area (Å²) in [6.07, 6.45) is 3.40. The maximum atomic E-state index is 14.5. The molecule has 5 fully saturated rings. The average Bonchev–Trinajstić information content (AvgIpc) is 3.50. The maximum Gasteiger partial charge on any atom is 0.482 e. The molecular weight excluding hydrogens is 781 g/mol. The van der Waals surface area contributed by atoms with Crippen molar-refractivity contribution in [2.24, 2.45) is 29.1 Å². The molecule has 0 aromatic heterocycles. The highest BCUT2D eigenvalue weighted by atomic mass is 16.7. The minimum absolute atomic E-state index is 0.112. The van der Waals surface area contributed by atoms with Gasteiger partial charge in [-0.3, -0.25) is 4.79 Å². The summed E-state index contributed by atoms with van der Waals surface area (Å²) >= 11 is 0. The van der Waals surface area contributed by atoms with Crippen LogP contribution < -0.4 is 10.1 Å². The molecule has 6 rings (SSSR count). The van der Waals surface area contributed by atoms with Gasteiger partial charge >= 0.3 is 25.3 Å². The van der Waals surface area contributed by atoms with Gasteiger partial charge in [0.15, 0.2) is 0 Å². The van der Waals surface area contributed by atoms with E-state index in [0.717, 1.165) is 12.8 Å². The number of ether oxygens (including phenoxy) is 4. The van der Waals surface area contributed by atoms with Crippen molar-refractivity contribution in [1.82, 2.24) is 15.1 Å². The van der Waals surface area contributed by atoms with Crippen LogP contribution in [-0.4, -0.2) is 120 Å². The second-order valence-corrected chi connectivity index (χ2v) is 21.6. The number of amides is 3. The van der Waals surface area contributed by atoms with Crippen molar-refractivity contribution in [3.63, 3.8) is 0 Å².